The first-order chi connectivity index (χ1) is 14.0. The molecule has 0 aliphatic heterocycles. The molecule has 3 N–H and O–H groups in total. The first-order valence-electron chi connectivity index (χ1n) is 8.20. The molecule has 30 heavy (non-hydrogen) atoms. The zero-order valence-corrected chi connectivity index (χ0v) is 15.4. The number of imidazole rings is 1. The number of nitrogens with one attached hydrogen (secondary N) is 1. The van der Waals surface area contributed by atoms with Crippen molar-refractivity contribution in [3.05, 3.63) is 52.8 Å². The summed E-state index contributed by atoms with van der Waals surface area (Å²) in [5.74, 6) is -3.72. The smallest absolute Gasteiger partial charge is 0.480 e. The number of aryl methyl sites for hydroxylation is 1. The Labute approximate surface area is 166 Å². The number of halogens is 3. The number of hydrogen-bond donors (Lipinski definition) is 3. The highest BCUT2D eigenvalue weighted by molar-refractivity contribution is 5.76. The summed E-state index contributed by atoms with van der Waals surface area (Å²) in [6.45, 7) is 0.00175. The van der Waals surface area contributed by atoms with Crippen molar-refractivity contribution in [3.8, 4) is 0 Å². The number of alkyl halides is 3. The van der Waals surface area contributed by atoms with Crippen molar-refractivity contribution in [1.29, 1.82) is 0 Å². The molecule has 0 unspecified atom stereocenters. The summed E-state index contributed by atoms with van der Waals surface area (Å²) < 4.78 is 34.8. The number of carboxylic acid groups (broad SMARTS) is 2. The second kappa shape index (κ2) is 9.07. The minimum Gasteiger partial charge on any atom is -0.480 e. The van der Waals surface area contributed by atoms with Gasteiger partial charge >= 0.3 is 18.1 Å². The van der Waals surface area contributed by atoms with Gasteiger partial charge in [-0.3, -0.25) is 14.2 Å². The standard InChI is InChI=1S/C15H15N5O3.C2HF3O2/c1-19-9-18-11-6-10(2-3-12(11)19)7-17-14-15(23)20(5-4-16-14)8-13(21)22;3-2(4,5)1(6)7/h2-6,9H,7-8H2,1H3,(H,16,17)(H,21,22);(H,6,7). The zero-order chi connectivity index (χ0) is 22.5. The molecular weight excluding hydrogens is 411 g/mol. The van der Waals surface area contributed by atoms with E-state index in [2.05, 4.69) is 15.3 Å². The van der Waals surface area contributed by atoms with Crippen molar-refractivity contribution in [3.63, 3.8) is 0 Å². The maximum Gasteiger partial charge on any atom is 0.490 e. The van der Waals surface area contributed by atoms with Gasteiger partial charge in [0.25, 0.3) is 5.56 Å². The molecule has 0 saturated heterocycles. The number of hydrogen-bond acceptors (Lipinski definition) is 6. The number of anilines is 1. The van der Waals surface area contributed by atoms with E-state index in [1.54, 1.807) is 6.33 Å². The molecule has 10 nitrogen and oxygen atoms in total. The van der Waals surface area contributed by atoms with Crippen LogP contribution in [0, 0.1) is 0 Å². The lowest BCUT2D eigenvalue weighted by molar-refractivity contribution is -0.192. The molecule has 3 aromatic rings. The van der Waals surface area contributed by atoms with E-state index in [9.17, 15) is 22.8 Å². The molecule has 2 heterocycles. The maximum atomic E-state index is 12.1. The van der Waals surface area contributed by atoms with Crippen LogP contribution in [0.25, 0.3) is 11.0 Å². The lowest BCUT2D eigenvalue weighted by Crippen LogP contribution is -2.27. The number of nitrogens with zero attached hydrogens (tertiary/aromatic N) is 4. The number of aromatic nitrogens is 4. The van der Waals surface area contributed by atoms with Crippen molar-refractivity contribution in [2.75, 3.05) is 5.32 Å². The Hall–Kier alpha value is -3.90. The molecule has 1 aromatic carbocycles. The highest BCUT2D eigenvalue weighted by Gasteiger charge is 2.38. The average Bonchev–Trinajstić information content (AvgIpc) is 3.02. The third-order valence-corrected chi connectivity index (χ3v) is 3.71. The van der Waals surface area contributed by atoms with Gasteiger partial charge in [0.05, 0.1) is 17.4 Å². The molecule has 0 aliphatic rings. The van der Waals surface area contributed by atoms with Crippen molar-refractivity contribution >= 4 is 28.8 Å². The van der Waals surface area contributed by atoms with Gasteiger partial charge in [0, 0.05) is 26.0 Å². The Kier molecular flexibility index (Phi) is 6.77. The van der Waals surface area contributed by atoms with Crippen molar-refractivity contribution in [2.24, 2.45) is 7.05 Å². The number of benzene rings is 1. The molecule has 0 bridgehead atoms. The van der Waals surface area contributed by atoms with Gasteiger partial charge in [0.1, 0.15) is 6.54 Å². The SMILES string of the molecule is Cn1cnc2cc(CNc3nccn(CC(=O)O)c3=O)ccc21.O=C(O)C(F)(F)F. The molecule has 0 saturated carbocycles. The normalized spacial score (nSPS) is 10.9. The summed E-state index contributed by atoms with van der Waals surface area (Å²) in [4.78, 5) is 40.0. The van der Waals surface area contributed by atoms with Gasteiger partial charge in [-0.1, -0.05) is 6.07 Å². The fraction of sp³-hybridized carbons (Fsp3) is 0.235. The van der Waals surface area contributed by atoms with Gasteiger partial charge in [0.2, 0.25) is 0 Å². The highest BCUT2D eigenvalue weighted by atomic mass is 19.4. The van der Waals surface area contributed by atoms with Crippen LogP contribution in [-0.2, 0) is 29.7 Å². The van der Waals surface area contributed by atoms with Crippen molar-refractivity contribution < 1.29 is 33.0 Å². The number of carboxylic acids is 2. The molecule has 2 aromatic heterocycles. The van der Waals surface area contributed by atoms with Gasteiger partial charge in [-0.25, -0.2) is 14.8 Å². The molecule has 3 rings (SSSR count). The van der Waals surface area contributed by atoms with E-state index in [0.717, 1.165) is 21.2 Å². The summed E-state index contributed by atoms with van der Waals surface area (Å²) >= 11 is 0. The molecule has 0 spiro atoms. The summed E-state index contributed by atoms with van der Waals surface area (Å²) in [5.41, 5.74) is 2.38. The van der Waals surface area contributed by atoms with Crippen molar-refractivity contribution in [1.82, 2.24) is 19.1 Å². The molecule has 0 atom stereocenters. The number of carbonyl (C=O) groups is 2. The second-order valence-corrected chi connectivity index (χ2v) is 5.94. The number of rotatable bonds is 5. The van der Waals surface area contributed by atoms with Crippen LogP contribution in [0.3, 0.4) is 0 Å². The van der Waals surface area contributed by atoms with E-state index in [1.807, 2.05) is 29.8 Å². The van der Waals surface area contributed by atoms with Gasteiger partial charge in [-0.2, -0.15) is 13.2 Å². The van der Waals surface area contributed by atoms with Gasteiger partial charge in [-0.15, -0.1) is 0 Å². The lowest BCUT2D eigenvalue weighted by atomic mass is 10.2. The van der Waals surface area contributed by atoms with Crippen LogP contribution in [0.5, 0.6) is 0 Å². The molecule has 0 amide bonds. The van der Waals surface area contributed by atoms with Gasteiger partial charge in [-0.05, 0) is 17.7 Å². The molecule has 0 radical (unpaired) electrons. The number of fused-ring (bicyclic) bond motifs is 1. The first-order valence-corrected chi connectivity index (χ1v) is 8.20. The Morgan fingerprint density at radius 1 is 1.20 bits per heavy atom. The molecule has 160 valence electrons. The van der Waals surface area contributed by atoms with Crippen molar-refractivity contribution in [2.45, 2.75) is 19.3 Å². The van der Waals surface area contributed by atoms with Crippen LogP contribution in [0.15, 0.2) is 41.7 Å². The summed E-state index contributed by atoms with van der Waals surface area (Å²) in [6.07, 6.45) is -0.596. The van der Waals surface area contributed by atoms with E-state index < -0.39 is 30.2 Å². The van der Waals surface area contributed by atoms with Crippen LogP contribution in [-0.4, -0.2) is 47.4 Å². The Balaban J connectivity index is 0.000000396. The predicted octanol–water partition coefficient (Wildman–Crippen LogP) is 1.46. The van der Waals surface area contributed by atoms with E-state index in [1.165, 1.54) is 12.4 Å². The third-order valence-electron chi connectivity index (χ3n) is 3.71. The Morgan fingerprint density at radius 3 is 2.47 bits per heavy atom. The van der Waals surface area contributed by atoms with E-state index in [0.29, 0.717) is 6.54 Å². The largest absolute Gasteiger partial charge is 0.490 e. The zero-order valence-electron chi connectivity index (χ0n) is 15.4. The average molecular weight is 427 g/mol. The quantitative estimate of drug-likeness (QED) is 0.556. The molecule has 0 fully saturated rings. The fourth-order valence-corrected chi connectivity index (χ4v) is 2.32. The van der Waals surface area contributed by atoms with Gasteiger partial charge < -0.3 is 20.1 Å². The van der Waals surface area contributed by atoms with Crippen LogP contribution in [0.4, 0.5) is 19.0 Å². The van der Waals surface area contributed by atoms with Crippen LogP contribution in [0.2, 0.25) is 0 Å². The Bertz CT molecular complexity index is 1120. The van der Waals surface area contributed by atoms with E-state index in [4.69, 9.17) is 15.0 Å². The third kappa shape index (κ3) is 5.80. The first kappa shape index (κ1) is 22.4. The van der Waals surface area contributed by atoms with Crippen LogP contribution in [0.1, 0.15) is 5.56 Å². The maximum absolute atomic E-state index is 12.1. The minimum atomic E-state index is -5.08. The predicted molar refractivity (Wildman–Crippen MR) is 97.9 cm³/mol. The highest BCUT2D eigenvalue weighted by Crippen LogP contribution is 2.14. The molecule has 0 aliphatic carbocycles. The summed E-state index contributed by atoms with van der Waals surface area (Å²) in [7, 11) is 1.92. The second-order valence-electron chi connectivity index (χ2n) is 5.94. The summed E-state index contributed by atoms with van der Waals surface area (Å²) in [6, 6.07) is 5.83. The van der Waals surface area contributed by atoms with Crippen LogP contribution < -0.4 is 10.9 Å². The monoisotopic (exact) mass is 427 g/mol. The minimum absolute atomic E-state index is 0.120. The van der Waals surface area contributed by atoms with Crippen LogP contribution >= 0.6 is 0 Å². The lowest BCUT2D eigenvalue weighted by Gasteiger charge is -2.08. The molecular formula is C17H16F3N5O5. The van der Waals surface area contributed by atoms with E-state index >= 15 is 0 Å². The van der Waals surface area contributed by atoms with E-state index in [-0.39, 0.29) is 5.82 Å². The Morgan fingerprint density at radius 2 is 1.87 bits per heavy atom. The molecule has 13 heteroatoms. The number of aliphatic carboxylic acids is 2. The topological polar surface area (TPSA) is 139 Å². The summed E-state index contributed by atoms with van der Waals surface area (Å²) in [5, 5.41) is 18.9. The van der Waals surface area contributed by atoms with Gasteiger partial charge in [0.15, 0.2) is 5.82 Å². The fourth-order valence-electron chi connectivity index (χ4n) is 2.32.